The lowest BCUT2D eigenvalue weighted by Crippen LogP contribution is -2.15. The highest BCUT2D eigenvalue weighted by Crippen LogP contribution is 2.30. The van der Waals surface area contributed by atoms with Gasteiger partial charge in [0.15, 0.2) is 11.6 Å². The first-order valence-corrected chi connectivity index (χ1v) is 6.53. The Morgan fingerprint density at radius 2 is 1.90 bits per heavy atom. The molecule has 108 valence electrons. The fourth-order valence-electron chi connectivity index (χ4n) is 1.92. The molecule has 0 fully saturated rings. The third-order valence-electron chi connectivity index (χ3n) is 2.85. The average Bonchev–Trinajstić information content (AvgIpc) is 2.74. The number of pyridine rings is 1. The molecule has 0 unspecified atom stereocenters. The summed E-state index contributed by atoms with van der Waals surface area (Å²) in [5.41, 5.74) is -0.796. The van der Waals surface area contributed by atoms with Crippen LogP contribution in [0.1, 0.15) is 5.56 Å². The highest BCUT2D eigenvalue weighted by Gasteiger charge is 2.32. The smallest absolute Gasteiger partial charge is 0.256 e. The lowest BCUT2D eigenvalue weighted by atomic mass is 10.2. The molecule has 2 heterocycles. The maximum absolute atomic E-state index is 13.9. The highest BCUT2D eigenvalue weighted by molar-refractivity contribution is 7.16. The van der Waals surface area contributed by atoms with Crippen molar-refractivity contribution in [3.63, 3.8) is 0 Å². The van der Waals surface area contributed by atoms with Gasteiger partial charge in [-0.15, -0.1) is 0 Å². The van der Waals surface area contributed by atoms with E-state index in [1.165, 1.54) is 0 Å². The molecular weight excluding hydrogens is 308 g/mol. The van der Waals surface area contributed by atoms with Crippen LogP contribution in [0, 0.1) is 5.82 Å². The first kappa shape index (κ1) is 13.7. The van der Waals surface area contributed by atoms with Crippen molar-refractivity contribution in [3.8, 4) is 5.82 Å². The summed E-state index contributed by atoms with van der Waals surface area (Å²) in [5, 5.41) is 0. The molecule has 0 bridgehead atoms. The molecule has 1 aromatic carbocycles. The van der Waals surface area contributed by atoms with Gasteiger partial charge >= 0.3 is 11.0 Å². The van der Waals surface area contributed by atoms with Crippen molar-refractivity contribution >= 4 is 21.6 Å². The van der Waals surface area contributed by atoms with Gasteiger partial charge in [0.05, 0.1) is 15.8 Å². The zero-order chi connectivity index (χ0) is 15.2. The van der Waals surface area contributed by atoms with E-state index >= 15 is 0 Å². The summed E-state index contributed by atoms with van der Waals surface area (Å²) in [6.07, 6.45) is -4.18. The summed E-state index contributed by atoms with van der Waals surface area (Å²) in [6, 6.07) is 6.93. The van der Waals surface area contributed by atoms with E-state index in [2.05, 4.69) is 4.98 Å². The third-order valence-corrected chi connectivity index (χ3v) is 3.77. The van der Waals surface area contributed by atoms with Crippen LogP contribution in [0.4, 0.5) is 17.6 Å². The number of halogens is 4. The van der Waals surface area contributed by atoms with E-state index in [0.717, 1.165) is 15.9 Å². The Labute approximate surface area is 119 Å². The normalized spacial score (nSPS) is 12.0. The molecule has 0 atom stereocenters. The Morgan fingerprint density at radius 1 is 1.19 bits per heavy atom. The van der Waals surface area contributed by atoms with Gasteiger partial charge in [0.25, 0.3) is 0 Å². The van der Waals surface area contributed by atoms with Gasteiger partial charge < -0.3 is 0 Å². The Morgan fingerprint density at radius 3 is 2.57 bits per heavy atom. The number of thiazole rings is 1. The van der Waals surface area contributed by atoms with E-state index in [-0.39, 0.29) is 0 Å². The molecule has 0 amide bonds. The number of fused-ring (bicyclic) bond motifs is 1. The number of benzene rings is 1. The van der Waals surface area contributed by atoms with E-state index in [1.807, 2.05) is 0 Å². The van der Waals surface area contributed by atoms with Gasteiger partial charge in [-0.05, 0) is 18.2 Å². The summed E-state index contributed by atoms with van der Waals surface area (Å²) in [4.78, 5) is 14.9. The molecule has 3 aromatic rings. The molecule has 3 rings (SSSR count). The van der Waals surface area contributed by atoms with Gasteiger partial charge in [0.1, 0.15) is 0 Å². The van der Waals surface area contributed by atoms with Gasteiger partial charge in [0.2, 0.25) is 0 Å². The molecule has 0 saturated heterocycles. The second kappa shape index (κ2) is 4.66. The van der Waals surface area contributed by atoms with Crippen molar-refractivity contribution in [1.29, 1.82) is 0 Å². The van der Waals surface area contributed by atoms with Crippen molar-refractivity contribution in [2.75, 3.05) is 0 Å². The van der Waals surface area contributed by atoms with Crippen LogP contribution in [-0.4, -0.2) is 9.55 Å². The van der Waals surface area contributed by atoms with Crippen LogP contribution in [-0.2, 0) is 6.18 Å². The van der Waals surface area contributed by atoms with Crippen molar-refractivity contribution < 1.29 is 17.6 Å². The second-order valence-electron chi connectivity index (χ2n) is 4.20. The number of nitrogens with zero attached hydrogens (tertiary/aromatic N) is 2. The highest BCUT2D eigenvalue weighted by atomic mass is 32.1. The lowest BCUT2D eigenvalue weighted by molar-refractivity contribution is -0.138. The van der Waals surface area contributed by atoms with E-state index in [1.54, 1.807) is 24.3 Å². The van der Waals surface area contributed by atoms with E-state index in [0.29, 0.717) is 22.5 Å². The summed E-state index contributed by atoms with van der Waals surface area (Å²) in [5.74, 6) is -1.64. The predicted molar refractivity (Wildman–Crippen MR) is 70.2 cm³/mol. The van der Waals surface area contributed by atoms with Gasteiger partial charge in [-0.2, -0.15) is 13.2 Å². The monoisotopic (exact) mass is 314 g/mol. The van der Waals surface area contributed by atoms with E-state index in [4.69, 9.17) is 0 Å². The SMILES string of the molecule is O=c1sc2ccccc2n1-c1ncc(C(F)(F)F)cc1F. The second-order valence-corrected chi connectivity index (χ2v) is 5.19. The van der Waals surface area contributed by atoms with E-state index < -0.39 is 28.2 Å². The van der Waals surface area contributed by atoms with Crippen LogP contribution in [0.5, 0.6) is 0 Å². The molecular formula is C13H6F4N2OS. The molecule has 21 heavy (non-hydrogen) atoms. The molecule has 0 aliphatic rings. The first-order chi connectivity index (χ1) is 9.88. The van der Waals surface area contributed by atoms with Gasteiger partial charge in [0, 0.05) is 6.20 Å². The molecule has 3 nitrogen and oxygen atoms in total. The molecule has 0 aliphatic heterocycles. The number of alkyl halides is 3. The summed E-state index contributed by atoms with van der Waals surface area (Å²) >= 11 is 0.871. The van der Waals surface area contributed by atoms with Crippen LogP contribution in [0.3, 0.4) is 0 Å². The number of rotatable bonds is 1. The van der Waals surface area contributed by atoms with Crippen molar-refractivity contribution in [2.24, 2.45) is 0 Å². The quantitative estimate of drug-likeness (QED) is 0.643. The fourth-order valence-corrected chi connectivity index (χ4v) is 2.79. The zero-order valence-electron chi connectivity index (χ0n) is 10.2. The van der Waals surface area contributed by atoms with Crippen LogP contribution in [0.2, 0.25) is 0 Å². The maximum atomic E-state index is 13.9. The predicted octanol–water partition coefficient (Wildman–Crippen LogP) is 3.61. The minimum absolute atomic E-state index is 0.335. The van der Waals surface area contributed by atoms with E-state index in [9.17, 15) is 22.4 Å². The summed E-state index contributed by atoms with van der Waals surface area (Å²) in [6.45, 7) is 0. The van der Waals surface area contributed by atoms with Crippen LogP contribution in [0.25, 0.3) is 16.0 Å². The Balaban J connectivity index is 2.25. The maximum Gasteiger partial charge on any atom is 0.417 e. The largest absolute Gasteiger partial charge is 0.417 e. The molecule has 2 aromatic heterocycles. The molecule has 8 heteroatoms. The Hall–Kier alpha value is -2.22. The Bertz CT molecular complexity index is 882. The molecule has 0 saturated carbocycles. The first-order valence-electron chi connectivity index (χ1n) is 5.71. The number of hydrogen-bond acceptors (Lipinski definition) is 3. The van der Waals surface area contributed by atoms with Crippen molar-refractivity contribution in [1.82, 2.24) is 9.55 Å². The fraction of sp³-hybridized carbons (Fsp3) is 0.0769. The molecule has 0 spiro atoms. The number of hydrogen-bond donors (Lipinski definition) is 0. The Kier molecular flexibility index (Phi) is 3.05. The van der Waals surface area contributed by atoms with Gasteiger partial charge in [-0.25, -0.2) is 13.9 Å². The number of aromatic nitrogens is 2. The average molecular weight is 314 g/mol. The summed E-state index contributed by atoms with van der Waals surface area (Å²) < 4.78 is 53.0. The zero-order valence-corrected chi connectivity index (χ0v) is 11.0. The van der Waals surface area contributed by atoms with Gasteiger partial charge in [-0.1, -0.05) is 23.5 Å². The lowest BCUT2D eigenvalue weighted by Gasteiger charge is -2.09. The third kappa shape index (κ3) is 2.31. The molecule has 0 radical (unpaired) electrons. The van der Waals surface area contributed by atoms with Gasteiger partial charge in [-0.3, -0.25) is 4.79 Å². The van der Waals surface area contributed by atoms with Crippen LogP contribution in [0.15, 0.2) is 41.3 Å². The standard InChI is InChI=1S/C13H6F4N2OS/c14-8-5-7(13(15,16)17)6-18-11(8)19-9-3-1-2-4-10(9)21-12(19)20/h1-6H. The minimum atomic E-state index is -4.69. The van der Waals surface area contributed by atoms with Crippen LogP contribution < -0.4 is 4.87 Å². The topological polar surface area (TPSA) is 34.9 Å². The minimum Gasteiger partial charge on any atom is -0.256 e. The van der Waals surface area contributed by atoms with Crippen LogP contribution >= 0.6 is 11.3 Å². The molecule has 0 N–H and O–H groups in total. The van der Waals surface area contributed by atoms with Crippen molar-refractivity contribution in [3.05, 3.63) is 57.6 Å². The van der Waals surface area contributed by atoms with Crippen molar-refractivity contribution in [2.45, 2.75) is 6.18 Å². The summed E-state index contributed by atoms with van der Waals surface area (Å²) in [7, 11) is 0. The molecule has 0 aliphatic carbocycles. The number of para-hydroxylation sites is 1.